The molecule has 2 nitrogen and oxygen atoms in total. The lowest BCUT2D eigenvalue weighted by Gasteiger charge is -2.19. The number of rotatable bonds is 3. The van der Waals surface area contributed by atoms with E-state index in [2.05, 4.69) is 20.8 Å². The van der Waals surface area contributed by atoms with Gasteiger partial charge in [-0.15, -0.1) is 0 Å². The van der Waals surface area contributed by atoms with Crippen LogP contribution in [0.5, 0.6) is 0 Å². The van der Waals surface area contributed by atoms with Gasteiger partial charge < -0.3 is 10.5 Å². The Bertz CT molecular complexity index is 136. The third kappa shape index (κ3) is 2.76. The van der Waals surface area contributed by atoms with Crippen LogP contribution in [0.1, 0.15) is 33.6 Å². The molecule has 1 heterocycles. The lowest BCUT2D eigenvalue weighted by atomic mass is 9.91. The SMILES string of the molecule is CC(C)CC(N)C1COC(C)C1. The molecule has 3 atom stereocenters. The van der Waals surface area contributed by atoms with Gasteiger partial charge in [0.1, 0.15) is 0 Å². The van der Waals surface area contributed by atoms with E-state index < -0.39 is 0 Å². The first-order chi connectivity index (χ1) is 5.59. The highest BCUT2D eigenvalue weighted by Gasteiger charge is 2.27. The van der Waals surface area contributed by atoms with Crippen molar-refractivity contribution >= 4 is 0 Å². The third-order valence-electron chi connectivity index (χ3n) is 2.58. The van der Waals surface area contributed by atoms with Crippen LogP contribution in [0, 0.1) is 11.8 Å². The predicted molar refractivity (Wildman–Crippen MR) is 51.0 cm³/mol. The Labute approximate surface area is 75.5 Å². The minimum Gasteiger partial charge on any atom is -0.378 e. The topological polar surface area (TPSA) is 35.2 Å². The molecule has 0 aromatic carbocycles. The predicted octanol–water partition coefficient (Wildman–Crippen LogP) is 1.78. The summed E-state index contributed by atoms with van der Waals surface area (Å²) in [6.07, 6.45) is 2.70. The average molecular weight is 171 g/mol. The monoisotopic (exact) mass is 171 g/mol. The van der Waals surface area contributed by atoms with E-state index in [1.54, 1.807) is 0 Å². The summed E-state index contributed by atoms with van der Waals surface area (Å²) in [6, 6.07) is 0.343. The molecule has 1 aliphatic heterocycles. The molecule has 0 spiro atoms. The van der Waals surface area contributed by atoms with Crippen molar-refractivity contribution in [2.45, 2.75) is 45.8 Å². The molecule has 0 aromatic heterocycles. The van der Waals surface area contributed by atoms with Crippen LogP contribution >= 0.6 is 0 Å². The van der Waals surface area contributed by atoms with E-state index in [1.165, 1.54) is 0 Å². The van der Waals surface area contributed by atoms with Crippen molar-refractivity contribution < 1.29 is 4.74 Å². The normalized spacial score (nSPS) is 32.8. The molecule has 3 unspecified atom stereocenters. The summed E-state index contributed by atoms with van der Waals surface area (Å²) >= 11 is 0. The van der Waals surface area contributed by atoms with Gasteiger partial charge in [-0.3, -0.25) is 0 Å². The van der Waals surface area contributed by atoms with Crippen LogP contribution in [-0.4, -0.2) is 18.8 Å². The van der Waals surface area contributed by atoms with E-state index in [9.17, 15) is 0 Å². The molecular weight excluding hydrogens is 150 g/mol. The van der Waals surface area contributed by atoms with E-state index in [0.717, 1.165) is 19.4 Å². The smallest absolute Gasteiger partial charge is 0.0551 e. The summed E-state index contributed by atoms with van der Waals surface area (Å²) in [4.78, 5) is 0. The number of ether oxygens (including phenoxy) is 1. The lowest BCUT2D eigenvalue weighted by Crippen LogP contribution is -2.31. The zero-order valence-corrected chi connectivity index (χ0v) is 8.42. The van der Waals surface area contributed by atoms with Gasteiger partial charge in [0.25, 0.3) is 0 Å². The van der Waals surface area contributed by atoms with Gasteiger partial charge in [0.15, 0.2) is 0 Å². The van der Waals surface area contributed by atoms with Crippen molar-refractivity contribution in [3.8, 4) is 0 Å². The van der Waals surface area contributed by atoms with Gasteiger partial charge in [-0.05, 0) is 31.6 Å². The maximum Gasteiger partial charge on any atom is 0.0551 e. The molecule has 2 heteroatoms. The maximum absolute atomic E-state index is 6.06. The Morgan fingerprint density at radius 1 is 1.50 bits per heavy atom. The average Bonchev–Trinajstić information content (AvgIpc) is 2.34. The molecule has 0 aliphatic carbocycles. The number of nitrogens with two attached hydrogens (primary N) is 1. The highest BCUT2D eigenvalue weighted by atomic mass is 16.5. The van der Waals surface area contributed by atoms with Crippen LogP contribution in [0.3, 0.4) is 0 Å². The first-order valence-corrected chi connectivity index (χ1v) is 4.96. The summed E-state index contributed by atoms with van der Waals surface area (Å²) in [5.41, 5.74) is 6.06. The Kier molecular flexibility index (Phi) is 3.53. The molecule has 0 saturated carbocycles. The molecular formula is C10H21NO. The van der Waals surface area contributed by atoms with Crippen molar-refractivity contribution in [3.63, 3.8) is 0 Å². The molecule has 1 aliphatic rings. The van der Waals surface area contributed by atoms with Crippen LogP contribution < -0.4 is 5.73 Å². The summed E-state index contributed by atoms with van der Waals surface area (Å²) in [7, 11) is 0. The van der Waals surface area contributed by atoms with Crippen molar-refractivity contribution in [3.05, 3.63) is 0 Å². The molecule has 0 aromatic rings. The summed E-state index contributed by atoms with van der Waals surface area (Å²) < 4.78 is 5.49. The Morgan fingerprint density at radius 2 is 2.17 bits per heavy atom. The molecule has 0 radical (unpaired) electrons. The van der Waals surface area contributed by atoms with E-state index in [4.69, 9.17) is 10.5 Å². The molecule has 72 valence electrons. The van der Waals surface area contributed by atoms with Crippen LogP contribution in [0.4, 0.5) is 0 Å². The first-order valence-electron chi connectivity index (χ1n) is 4.96. The standard InChI is InChI=1S/C10H21NO/c1-7(2)4-10(11)9-5-8(3)12-6-9/h7-10H,4-6,11H2,1-3H3. The van der Waals surface area contributed by atoms with Crippen LogP contribution in [0.15, 0.2) is 0 Å². The van der Waals surface area contributed by atoms with Crippen LogP contribution in [0.25, 0.3) is 0 Å². The van der Waals surface area contributed by atoms with Crippen molar-refractivity contribution in [1.29, 1.82) is 0 Å². The zero-order valence-electron chi connectivity index (χ0n) is 8.42. The summed E-state index contributed by atoms with van der Waals surface area (Å²) in [5.74, 6) is 1.30. The number of hydrogen-bond donors (Lipinski definition) is 1. The first kappa shape index (κ1) is 10.0. The van der Waals surface area contributed by atoms with Crippen molar-refractivity contribution in [2.75, 3.05) is 6.61 Å². The molecule has 0 amide bonds. The van der Waals surface area contributed by atoms with Gasteiger partial charge in [-0.25, -0.2) is 0 Å². The molecule has 1 fully saturated rings. The van der Waals surface area contributed by atoms with Gasteiger partial charge in [0.2, 0.25) is 0 Å². The van der Waals surface area contributed by atoms with Gasteiger partial charge in [0.05, 0.1) is 12.7 Å². The highest BCUT2D eigenvalue weighted by molar-refractivity contribution is 4.80. The summed E-state index contributed by atoms with van der Waals surface area (Å²) in [5, 5.41) is 0. The van der Waals surface area contributed by atoms with Gasteiger partial charge in [0, 0.05) is 6.04 Å². The van der Waals surface area contributed by atoms with Crippen LogP contribution in [-0.2, 0) is 4.74 Å². The molecule has 0 bridgehead atoms. The number of hydrogen-bond acceptors (Lipinski definition) is 2. The molecule has 1 saturated heterocycles. The fourth-order valence-electron chi connectivity index (χ4n) is 1.89. The third-order valence-corrected chi connectivity index (χ3v) is 2.58. The largest absolute Gasteiger partial charge is 0.378 e. The lowest BCUT2D eigenvalue weighted by molar-refractivity contribution is 0.117. The maximum atomic E-state index is 6.06. The summed E-state index contributed by atoms with van der Waals surface area (Å²) in [6.45, 7) is 7.44. The van der Waals surface area contributed by atoms with Gasteiger partial charge >= 0.3 is 0 Å². The zero-order chi connectivity index (χ0) is 9.14. The van der Waals surface area contributed by atoms with Gasteiger partial charge in [-0.2, -0.15) is 0 Å². The Hall–Kier alpha value is -0.0800. The second kappa shape index (κ2) is 4.24. The molecule has 2 N–H and O–H groups in total. The second-order valence-electron chi connectivity index (χ2n) is 4.43. The minimum absolute atomic E-state index is 0.343. The fourth-order valence-corrected chi connectivity index (χ4v) is 1.89. The highest BCUT2D eigenvalue weighted by Crippen LogP contribution is 2.24. The fraction of sp³-hybridized carbons (Fsp3) is 1.00. The van der Waals surface area contributed by atoms with Crippen molar-refractivity contribution in [2.24, 2.45) is 17.6 Å². The quantitative estimate of drug-likeness (QED) is 0.702. The van der Waals surface area contributed by atoms with Crippen LogP contribution in [0.2, 0.25) is 0 Å². The van der Waals surface area contributed by atoms with Gasteiger partial charge in [-0.1, -0.05) is 13.8 Å². The van der Waals surface area contributed by atoms with E-state index in [1.807, 2.05) is 0 Å². The molecule has 1 rings (SSSR count). The minimum atomic E-state index is 0.343. The van der Waals surface area contributed by atoms with E-state index in [-0.39, 0.29) is 0 Å². The van der Waals surface area contributed by atoms with E-state index >= 15 is 0 Å². The Morgan fingerprint density at radius 3 is 2.58 bits per heavy atom. The van der Waals surface area contributed by atoms with Crippen molar-refractivity contribution in [1.82, 2.24) is 0 Å². The Balaban J connectivity index is 2.28. The molecule has 12 heavy (non-hydrogen) atoms. The second-order valence-corrected chi connectivity index (χ2v) is 4.43. The van der Waals surface area contributed by atoms with E-state index in [0.29, 0.717) is 24.0 Å².